The molecule has 154 valence electrons. The lowest BCUT2D eigenvalue weighted by molar-refractivity contribution is 0.102. The highest BCUT2D eigenvalue weighted by Gasteiger charge is 2.24. The van der Waals surface area contributed by atoms with Crippen LogP contribution in [0.3, 0.4) is 0 Å². The average Bonchev–Trinajstić information content (AvgIpc) is 2.76. The van der Waals surface area contributed by atoms with Gasteiger partial charge < -0.3 is 19.4 Å². The van der Waals surface area contributed by atoms with Crippen molar-refractivity contribution >= 4 is 11.6 Å². The van der Waals surface area contributed by atoms with Crippen molar-refractivity contribution in [2.45, 2.75) is 32.7 Å². The van der Waals surface area contributed by atoms with Crippen LogP contribution in [0.1, 0.15) is 35.8 Å². The van der Waals surface area contributed by atoms with Gasteiger partial charge in [-0.15, -0.1) is 0 Å². The standard InChI is InChI=1S/C24H24N2O4/c1-2-29-21-16-22(27)26-15-7-6-10-20(26)23(21)24(28)25-17-11-13-19(14-12-17)30-18-8-4-3-5-9-18/h3-5,8-9,11-14,16H,2,6-7,10,15H2,1H3,(H,25,28). The SMILES string of the molecule is CCOc1cc(=O)n2c(c1C(=O)Nc1ccc(Oc3ccccc3)cc1)CCCC2. The zero-order chi connectivity index (χ0) is 20.9. The number of hydrogen-bond donors (Lipinski definition) is 1. The fourth-order valence-corrected chi connectivity index (χ4v) is 3.68. The lowest BCUT2D eigenvalue weighted by Gasteiger charge is -2.23. The Bertz CT molecular complexity index is 1090. The Morgan fingerprint density at radius 2 is 1.77 bits per heavy atom. The molecule has 1 aliphatic rings. The third-order valence-electron chi connectivity index (χ3n) is 5.04. The van der Waals surface area contributed by atoms with Crippen molar-refractivity contribution in [3.8, 4) is 17.2 Å². The molecule has 0 atom stereocenters. The molecule has 0 saturated heterocycles. The maximum Gasteiger partial charge on any atom is 0.261 e. The molecule has 1 aromatic heterocycles. The van der Waals surface area contributed by atoms with Crippen molar-refractivity contribution in [2.75, 3.05) is 11.9 Å². The smallest absolute Gasteiger partial charge is 0.261 e. The zero-order valence-corrected chi connectivity index (χ0v) is 16.9. The first kappa shape index (κ1) is 19.8. The number of rotatable bonds is 6. The van der Waals surface area contributed by atoms with Gasteiger partial charge in [0.25, 0.3) is 11.5 Å². The van der Waals surface area contributed by atoms with Gasteiger partial charge in [-0.1, -0.05) is 18.2 Å². The van der Waals surface area contributed by atoms with Gasteiger partial charge in [-0.05, 0) is 62.6 Å². The van der Waals surface area contributed by atoms with Crippen molar-refractivity contribution in [1.29, 1.82) is 0 Å². The predicted molar refractivity (Wildman–Crippen MR) is 116 cm³/mol. The number of carbonyl (C=O) groups excluding carboxylic acids is 1. The van der Waals surface area contributed by atoms with E-state index in [0.717, 1.165) is 24.3 Å². The van der Waals surface area contributed by atoms with E-state index in [0.29, 0.717) is 42.3 Å². The monoisotopic (exact) mass is 404 g/mol. The van der Waals surface area contributed by atoms with Crippen molar-refractivity contribution in [3.63, 3.8) is 0 Å². The molecular formula is C24H24N2O4. The summed E-state index contributed by atoms with van der Waals surface area (Å²) in [6.07, 6.45) is 2.56. The van der Waals surface area contributed by atoms with Crippen LogP contribution in [0.4, 0.5) is 5.69 Å². The second-order valence-electron chi connectivity index (χ2n) is 7.10. The number of para-hydroxylation sites is 1. The van der Waals surface area contributed by atoms with Crippen LogP contribution in [-0.4, -0.2) is 17.1 Å². The largest absolute Gasteiger partial charge is 0.493 e. The number of aromatic nitrogens is 1. The second kappa shape index (κ2) is 8.86. The Balaban J connectivity index is 1.57. The van der Waals surface area contributed by atoms with E-state index < -0.39 is 0 Å². The van der Waals surface area contributed by atoms with Gasteiger partial charge in [-0.25, -0.2) is 0 Å². The number of hydrogen-bond acceptors (Lipinski definition) is 4. The van der Waals surface area contributed by atoms with Crippen LogP contribution in [-0.2, 0) is 13.0 Å². The van der Waals surface area contributed by atoms with Crippen molar-refractivity contribution in [1.82, 2.24) is 4.57 Å². The molecular weight excluding hydrogens is 380 g/mol. The maximum atomic E-state index is 13.1. The highest BCUT2D eigenvalue weighted by Crippen LogP contribution is 2.27. The molecule has 0 bridgehead atoms. The number of pyridine rings is 1. The first-order valence-corrected chi connectivity index (χ1v) is 10.2. The van der Waals surface area contributed by atoms with Crippen LogP contribution in [0, 0.1) is 0 Å². The van der Waals surface area contributed by atoms with E-state index in [1.807, 2.05) is 37.3 Å². The number of amides is 1. The average molecular weight is 404 g/mol. The molecule has 1 aliphatic heterocycles. The first-order valence-electron chi connectivity index (χ1n) is 10.2. The summed E-state index contributed by atoms with van der Waals surface area (Å²) in [7, 11) is 0. The highest BCUT2D eigenvalue weighted by atomic mass is 16.5. The minimum atomic E-state index is -0.277. The van der Waals surface area contributed by atoms with Gasteiger partial charge in [0.05, 0.1) is 6.61 Å². The molecule has 6 nitrogen and oxygen atoms in total. The number of benzene rings is 2. The van der Waals surface area contributed by atoms with Crippen LogP contribution in [0.2, 0.25) is 0 Å². The van der Waals surface area contributed by atoms with Crippen LogP contribution < -0.4 is 20.3 Å². The molecule has 2 heterocycles. The third kappa shape index (κ3) is 4.22. The number of anilines is 1. The minimum absolute atomic E-state index is 0.118. The van der Waals surface area contributed by atoms with E-state index in [-0.39, 0.29) is 11.5 Å². The number of fused-ring (bicyclic) bond motifs is 1. The second-order valence-corrected chi connectivity index (χ2v) is 7.10. The fraction of sp³-hybridized carbons (Fsp3) is 0.250. The zero-order valence-electron chi connectivity index (χ0n) is 16.9. The molecule has 1 N–H and O–H groups in total. The summed E-state index contributed by atoms with van der Waals surface area (Å²) in [6.45, 7) is 2.85. The first-order chi connectivity index (χ1) is 14.7. The summed E-state index contributed by atoms with van der Waals surface area (Å²) in [5.74, 6) is 1.49. The van der Waals surface area contributed by atoms with Crippen molar-refractivity contribution in [2.24, 2.45) is 0 Å². The van der Waals surface area contributed by atoms with E-state index in [4.69, 9.17) is 9.47 Å². The van der Waals surface area contributed by atoms with E-state index >= 15 is 0 Å². The van der Waals surface area contributed by atoms with E-state index in [2.05, 4.69) is 5.32 Å². The van der Waals surface area contributed by atoms with Gasteiger partial charge in [0.2, 0.25) is 0 Å². The van der Waals surface area contributed by atoms with Crippen LogP contribution >= 0.6 is 0 Å². The molecule has 0 saturated carbocycles. The number of ether oxygens (including phenoxy) is 2. The van der Waals surface area contributed by atoms with Gasteiger partial charge in [0, 0.05) is 24.0 Å². The van der Waals surface area contributed by atoms with Gasteiger partial charge >= 0.3 is 0 Å². The molecule has 2 aromatic carbocycles. The molecule has 0 radical (unpaired) electrons. The number of carbonyl (C=O) groups is 1. The highest BCUT2D eigenvalue weighted by molar-refractivity contribution is 6.07. The van der Waals surface area contributed by atoms with Gasteiger partial charge in [-0.2, -0.15) is 0 Å². The number of nitrogens with one attached hydrogen (secondary N) is 1. The van der Waals surface area contributed by atoms with Gasteiger partial charge in [0.15, 0.2) is 0 Å². The molecule has 0 aliphatic carbocycles. The molecule has 30 heavy (non-hydrogen) atoms. The lowest BCUT2D eigenvalue weighted by atomic mass is 10.0. The van der Waals surface area contributed by atoms with Crippen LogP contribution in [0.5, 0.6) is 17.2 Å². The molecule has 0 unspecified atom stereocenters. The van der Waals surface area contributed by atoms with E-state index in [1.165, 1.54) is 6.07 Å². The fourth-order valence-electron chi connectivity index (χ4n) is 3.68. The molecule has 0 fully saturated rings. The maximum absolute atomic E-state index is 13.1. The summed E-state index contributed by atoms with van der Waals surface area (Å²) in [5.41, 5.74) is 1.72. The predicted octanol–water partition coefficient (Wildman–Crippen LogP) is 4.63. The summed E-state index contributed by atoms with van der Waals surface area (Å²) in [6, 6.07) is 18.1. The molecule has 6 heteroatoms. The Morgan fingerprint density at radius 1 is 1.03 bits per heavy atom. The quantitative estimate of drug-likeness (QED) is 0.650. The summed E-state index contributed by atoms with van der Waals surface area (Å²) < 4.78 is 13.1. The topological polar surface area (TPSA) is 69.6 Å². The molecule has 3 aromatic rings. The molecule has 1 amide bonds. The Labute approximate surface area is 175 Å². The van der Waals surface area contributed by atoms with E-state index in [9.17, 15) is 9.59 Å². The summed E-state index contributed by atoms with van der Waals surface area (Å²) in [4.78, 5) is 25.5. The molecule has 0 spiro atoms. The van der Waals surface area contributed by atoms with Crippen molar-refractivity contribution < 1.29 is 14.3 Å². The summed E-state index contributed by atoms with van der Waals surface area (Å²) in [5, 5.41) is 2.93. The van der Waals surface area contributed by atoms with Crippen LogP contribution in [0.15, 0.2) is 65.5 Å². The van der Waals surface area contributed by atoms with Gasteiger partial charge in [-0.3, -0.25) is 9.59 Å². The third-order valence-corrected chi connectivity index (χ3v) is 5.04. The van der Waals surface area contributed by atoms with Crippen LogP contribution in [0.25, 0.3) is 0 Å². The summed E-state index contributed by atoms with van der Waals surface area (Å²) >= 11 is 0. The van der Waals surface area contributed by atoms with E-state index in [1.54, 1.807) is 28.8 Å². The Hall–Kier alpha value is -3.54. The van der Waals surface area contributed by atoms with Gasteiger partial charge in [0.1, 0.15) is 22.8 Å². The molecule has 4 rings (SSSR count). The lowest BCUT2D eigenvalue weighted by Crippen LogP contribution is -2.31. The normalized spacial score (nSPS) is 12.7. The Morgan fingerprint density at radius 3 is 2.50 bits per heavy atom. The minimum Gasteiger partial charge on any atom is -0.493 e. The van der Waals surface area contributed by atoms with Crippen molar-refractivity contribution in [3.05, 3.63) is 82.3 Å². The number of nitrogens with zero attached hydrogens (tertiary/aromatic N) is 1. The Kier molecular flexibility index (Phi) is 5.84.